The first-order valence-electron chi connectivity index (χ1n) is 12.7. The Bertz CT molecular complexity index is 1240. The first kappa shape index (κ1) is 26.1. The van der Waals surface area contributed by atoms with E-state index >= 15 is 0 Å². The topological polar surface area (TPSA) is 94.8 Å². The molecule has 0 spiro atoms. The number of aromatic hydroxyl groups is 1. The van der Waals surface area contributed by atoms with Crippen molar-refractivity contribution in [2.24, 2.45) is 0 Å². The number of nitriles is 1. The molecule has 0 aromatic heterocycles. The summed E-state index contributed by atoms with van der Waals surface area (Å²) >= 11 is 0. The van der Waals surface area contributed by atoms with Gasteiger partial charge in [0.25, 0.3) is 0 Å². The van der Waals surface area contributed by atoms with E-state index in [1.165, 1.54) is 5.56 Å². The third-order valence-electron chi connectivity index (χ3n) is 6.41. The molecule has 7 heteroatoms. The predicted octanol–water partition coefficient (Wildman–Crippen LogP) is 4.47. The van der Waals surface area contributed by atoms with E-state index in [2.05, 4.69) is 29.3 Å². The SMILES string of the molecule is C[C@H](Cc1cc(C#N)c2c(c1)CCN2CCCOC(=O)c1ccccc1)NCCOc1ccccc1O. The third kappa shape index (κ3) is 7.02. The van der Waals surface area contributed by atoms with E-state index in [9.17, 15) is 15.2 Å². The molecule has 192 valence electrons. The Kier molecular flexibility index (Phi) is 9.01. The van der Waals surface area contributed by atoms with Gasteiger partial charge in [-0.15, -0.1) is 0 Å². The van der Waals surface area contributed by atoms with Gasteiger partial charge in [-0.2, -0.15) is 5.26 Å². The molecular formula is C30H33N3O4. The summed E-state index contributed by atoms with van der Waals surface area (Å²) in [5.41, 5.74) is 4.60. The van der Waals surface area contributed by atoms with Crippen molar-refractivity contribution in [1.29, 1.82) is 5.26 Å². The molecule has 0 amide bonds. The standard InChI is InChI=1S/C30H33N3O4/c1-22(32-13-17-36-28-11-6-5-10-27(28)34)18-23-19-25-12-15-33(29(25)26(20-23)21-31)14-7-16-37-30(35)24-8-3-2-4-9-24/h2-6,8-11,19-20,22,32,34H,7,12-18H2,1H3/t22-/m1/s1. The fraction of sp³-hybridized carbons (Fsp3) is 0.333. The van der Waals surface area contributed by atoms with Crippen molar-refractivity contribution in [2.75, 3.05) is 37.7 Å². The van der Waals surface area contributed by atoms with Crippen LogP contribution in [0.15, 0.2) is 66.7 Å². The Morgan fingerprint density at radius 3 is 2.70 bits per heavy atom. The molecule has 0 saturated carbocycles. The molecule has 3 aromatic rings. The molecule has 4 rings (SSSR count). The van der Waals surface area contributed by atoms with E-state index in [0.29, 0.717) is 43.1 Å². The molecule has 0 fully saturated rings. The quantitative estimate of drug-likeness (QED) is 0.280. The number of carbonyl (C=O) groups excluding carboxylic acids is 1. The zero-order valence-electron chi connectivity index (χ0n) is 21.2. The summed E-state index contributed by atoms with van der Waals surface area (Å²) in [5, 5.41) is 23.1. The highest BCUT2D eigenvalue weighted by atomic mass is 16.5. The second-order valence-corrected chi connectivity index (χ2v) is 9.23. The number of anilines is 1. The zero-order valence-corrected chi connectivity index (χ0v) is 21.2. The molecule has 0 aliphatic carbocycles. The van der Waals surface area contributed by atoms with E-state index in [-0.39, 0.29) is 17.8 Å². The summed E-state index contributed by atoms with van der Waals surface area (Å²) in [6.07, 6.45) is 2.40. The van der Waals surface area contributed by atoms with Crippen molar-refractivity contribution in [2.45, 2.75) is 32.2 Å². The van der Waals surface area contributed by atoms with Crippen LogP contribution in [-0.2, 0) is 17.6 Å². The molecule has 3 aromatic carbocycles. The van der Waals surface area contributed by atoms with Crippen LogP contribution >= 0.6 is 0 Å². The molecule has 0 radical (unpaired) electrons. The van der Waals surface area contributed by atoms with Gasteiger partial charge in [0.2, 0.25) is 0 Å². The minimum absolute atomic E-state index is 0.139. The van der Waals surface area contributed by atoms with E-state index in [4.69, 9.17) is 9.47 Å². The summed E-state index contributed by atoms with van der Waals surface area (Å²) in [6, 6.07) is 22.7. The number of fused-ring (bicyclic) bond motifs is 1. The molecule has 7 nitrogen and oxygen atoms in total. The van der Waals surface area contributed by atoms with Gasteiger partial charge in [-0.05, 0) is 67.6 Å². The van der Waals surface area contributed by atoms with Crippen molar-refractivity contribution in [3.05, 3.63) is 89.0 Å². The maximum absolute atomic E-state index is 12.1. The lowest BCUT2D eigenvalue weighted by atomic mass is 9.99. The Labute approximate surface area is 218 Å². The van der Waals surface area contributed by atoms with Crippen LogP contribution in [-0.4, -0.2) is 50.0 Å². The molecule has 1 atom stereocenters. The van der Waals surface area contributed by atoms with Crippen LogP contribution in [0.1, 0.15) is 40.4 Å². The van der Waals surface area contributed by atoms with Crippen LogP contribution in [0.4, 0.5) is 5.69 Å². The minimum atomic E-state index is -0.308. The van der Waals surface area contributed by atoms with Gasteiger partial charge in [0.15, 0.2) is 11.5 Å². The van der Waals surface area contributed by atoms with E-state index in [1.807, 2.05) is 30.3 Å². The van der Waals surface area contributed by atoms with Crippen molar-refractivity contribution in [1.82, 2.24) is 5.32 Å². The average molecular weight is 500 g/mol. The minimum Gasteiger partial charge on any atom is -0.504 e. The van der Waals surface area contributed by atoms with Gasteiger partial charge in [-0.3, -0.25) is 0 Å². The zero-order chi connectivity index (χ0) is 26.0. The first-order chi connectivity index (χ1) is 18.0. The summed E-state index contributed by atoms with van der Waals surface area (Å²) in [6.45, 7) is 5.15. The number of benzene rings is 3. The van der Waals surface area contributed by atoms with Crippen molar-refractivity contribution in [3.63, 3.8) is 0 Å². The van der Waals surface area contributed by atoms with E-state index < -0.39 is 0 Å². The van der Waals surface area contributed by atoms with Crippen LogP contribution in [0, 0.1) is 11.3 Å². The van der Waals surface area contributed by atoms with Crippen LogP contribution < -0.4 is 15.0 Å². The Hall–Kier alpha value is -4.02. The molecule has 0 unspecified atom stereocenters. The van der Waals surface area contributed by atoms with Crippen LogP contribution in [0.3, 0.4) is 0 Å². The lowest BCUT2D eigenvalue weighted by Crippen LogP contribution is -2.31. The van der Waals surface area contributed by atoms with Gasteiger partial charge in [0.1, 0.15) is 12.7 Å². The van der Waals surface area contributed by atoms with Crippen molar-refractivity contribution >= 4 is 11.7 Å². The number of ether oxygens (including phenoxy) is 2. The summed E-state index contributed by atoms with van der Waals surface area (Å²) in [4.78, 5) is 14.4. The van der Waals surface area contributed by atoms with Gasteiger partial charge < -0.3 is 24.8 Å². The van der Waals surface area contributed by atoms with Gasteiger partial charge >= 0.3 is 5.97 Å². The number of nitrogens with one attached hydrogen (secondary N) is 1. The molecule has 37 heavy (non-hydrogen) atoms. The molecule has 1 aliphatic heterocycles. The first-order valence-corrected chi connectivity index (χ1v) is 12.7. The second-order valence-electron chi connectivity index (χ2n) is 9.23. The summed E-state index contributed by atoms with van der Waals surface area (Å²) in [7, 11) is 0. The predicted molar refractivity (Wildman–Crippen MR) is 143 cm³/mol. The van der Waals surface area contributed by atoms with Crippen LogP contribution in [0.25, 0.3) is 0 Å². The fourth-order valence-electron chi connectivity index (χ4n) is 4.67. The van der Waals surface area contributed by atoms with Gasteiger partial charge in [0.05, 0.1) is 23.4 Å². The molecule has 1 heterocycles. The molecule has 1 aliphatic rings. The van der Waals surface area contributed by atoms with E-state index in [1.54, 1.807) is 30.3 Å². The second kappa shape index (κ2) is 12.8. The van der Waals surface area contributed by atoms with Gasteiger partial charge in [-0.25, -0.2) is 4.79 Å². The van der Waals surface area contributed by atoms with Gasteiger partial charge in [0, 0.05) is 25.7 Å². The maximum Gasteiger partial charge on any atom is 0.338 e. The molecular weight excluding hydrogens is 466 g/mol. The average Bonchev–Trinajstić information content (AvgIpc) is 3.32. The van der Waals surface area contributed by atoms with Crippen molar-refractivity contribution < 1.29 is 19.4 Å². The highest BCUT2D eigenvalue weighted by molar-refractivity contribution is 5.89. The van der Waals surface area contributed by atoms with E-state index in [0.717, 1.165) is 37.2 Å². The highest BCUT2D eigenvalue weighted by Gasteiger charge is 2.23. The van der Waals surface area contributed by atoms with Crippen LogP contribution in [0.5, 0.6) is 11.5 Å². The number of rotatable bonds is 12. The number of nitrogens with zero attached hydrogens (tertiary/aromatic N) is 2. The summed E-state index contributed by atoms with van der Waals surface area (Å²) in [5.74, 6) is 0.311. The van der Waals surface area contributed by atoms with Crippen molar-refractivity contribution in [3.8, 4) is 17.6 Å². The molecule has 0 saturated heterocycles. The normalized spacial score (nSPS) is 13.0. The number of phenols is 1. The Morgan fingerprint density at radius 1 is 1.14 bits per heavy atom. The number of hydrogen-bond donors (Lipinski definition) is 2. The lowest BCUT2D eigenvalue weighted by molar-refractivity contribution is 0.0502. The number of hydrogen-bond acceptors (Lipinski definition) is 7. The number of phenolic OH excluding ortho intramolecular Hbond substituents is 1. The Balaban J connectivity index is 1.25. The number of carbonyl (C=O) groups is 1. The van der Waals surface area contributed by atoms with Gasteiger partial charge in [-0.1, -0.05) is 36.4 Å². The fourth-order valence-corrected chi connectivity index (χ4v) is 4.67. The highest BCUT2D eigenvalue weighted by Crippen LogP contribution is 2.33. The number of para-hydroxylation sites is 2. The Morgan fingerprint density at radius 2 is 1.92 bits per heavy atom. The number of esters is 1. The molecule has 0 bridgehead atoms. The smallest absolute Gasteiger partial charge is 0.338 e. The third-order valence-corrected chi connectivity index (χ3v) is 6.41. The van der Waals surface area contributed by atoms with Crippen LogP contribution in [0.2, 0.25) is 0 Å². The monoisotopic (exact) mass is 499 g/mol. The largest absolute Gasteiger partial charge is 0.504 e. The molecule has 2 N–H and O–H groups in total. The summed E-state index contributed by atoms with van der Waals surface area (Å²) < 4.78 is 11.0. The maximum atomic E-state index is 12.1. The lowest BCUT2D eigenvalue weighted by Gasteiger charge is -2.21.